The number of halogens is 1. The summed E-state index contributed by atoms with van der Waals surface area (Å²) in [5.74, 6) is -0.785. The van der Waals surface area contributed by atoms with Gasteiger partial charge in [0, 0.05) is 20.1 Å². The smallest absolute Gasteiger partial charge is 0.239 e. The van der Waals surface area contributed by atoms with Gasteiger partial charge in [0.05, 0.1) is 19.8 Å². The van der Waals surface area contributed by atoms with E-state index < -0.39 is 5.82 Å². The van der Waals surface area contributed by atoms with Crippen LogP contribution < -0.4 is 15.4 Å². The van der Waals surface area contributed by atoms with E-state index >= 15 is 0 Å². The van der Waals surface area contributed by atoms with E-state index in [1.165, 1.54) is 19.2 Å². The van der Waals surface area contributed by atoms with Gasteiger partial charge in [0.1, 0.15) is 0 Å². The third-order valence-electron chi connectivity index (χ3n) is 2.72. The molecule has 122 valence electrons. The molecule has 0 atom stereocenters. The Kier molecular flexibility index (Phi) is 8.59. The number of ether oxygens (including phenoxy) is 2. The molecular weight excluding hydrogens is 291 g/mol. The minimum absolute atomic E-state index is 0.0727. The van der Waals surface area contributed by atoms with Gasteiger partial charge in [-0.1, -0.05) is 12.1 Å². The normalized spacial score (nSPS) is 10.1. The monoisotopic (exact) mass is 312 g/mol. The van der Waals surface area contributed by atoms with Crippen LogP contribution in [0.4, 0.5) is 4.39 Å². The van der Waals surface area contributed by atoms with Crippen LogP contribution in [0.1, 0.15) is 12.8 Å². The molecule has 0 bridgehead atoms. The van der Waals surface area contributed by atoms with Gasteiger partial charge in [0.2, 0.25) is 11.8 Å². The number of hydrogen-bond donors (Lipinski definition) is 2. The first-order valence-corrected chi connectivity index (χ1v) is 7.03. The molecule has 1 aromatic carbocycles. The summed E-state index contributed by atoms with van der Waals surface area (Å²) in [5.41, 5.74) is 0. The topological polar surface area (TPSA) is 76.7 Å². The molecule has 6 nitrogen and oxygen atoms in total. The Bertz CT molecular complexity index is 482. The Labute approximate surface area is 129 Å². The summed E-state index contributed by atoms with van der Waals surface area (Å²) in [6, 6.07) is 6.09. The first-order chi connectivity index (χ1) is 10.6. The number of rotatable bonds is 10. The van der Waals surface area contributed by atoms with Crippen LogP contribution >= 0.6 is 0 Å². The summed E-state index contributed by atoms with van der Waals surface area (Å²) in [4.78, 5) is 22.8. The fourth-order valence-corrected chi connectivity index (χ4v) is 1.60. The van der Waals surface area contributed by atoms with Crippen LogP contribution in [-0.4, -0.2) is 45.2 Å². The van der Waals surface area contributed by atoms with Crippen LogP contribution in [0.3, 0.4) is 0 Å². The van der Waals surface area contributed by atoms with E-state index in [4.69, 9.17) is 9.47 Å². The summed E-state index contributed by atoms with van der Waals surface area (Å²) >= 11 is 0. The fourth-order valence-electron chi connectivity index (χ4n) is 1.60. The van der Waals surface area contributed by atoms with Crippen LogP contribution in [-0.2, 0) is 14.3 Å². The summed E-state index contributed by atoms with van der Waals surface area (Å²) in [5, 5.41) is 5.09. The van der Waals surface area contributed by atoms with Crippen molar-refractivity contribution in [3.05, 3.63) is 30.1 Å². The van der Waals surface area contributed by atoms with Crippen molar-refractivity contribution in [3.8, 4) is 5.75 Å². The molecule has 0 aliphatic carbocycles. The number of carbonyl (C=O) groups excluding carboxylic acids is 2. The van der Waals surface area contributed by atoms with E-state index in [1.807, 2.05) is 0 Å². The molecule has 0 aliphatic rings. The van der Waals surface area contributed by atoms with Crippen LogP contribution in [0, 0.1) is 5.82 Å². The van der Waals surface area contributed by atoms with Crippen molar-refractivity contribution in [2.75, 3.05) is 33.4 Å². The van der Waals surface area contributed by atoms with E-state index in [0.717, 1.165) is 0 Å². The number of carbonyl (C=O) groups is 2. The fraction of sp³-hybridized carbons (Fsp3) is 0.467. The number of para-hydroxylation sites is 1. The first kappa shape index (κ1) is 17.9. The lowest BCUT2D eigenvalue weighted by atomic mass is 10.3. The molecule has 0 saturated carbocycles. The quantitative estimate of drug-likeness (QED) is 0.628. The maximum atomic E-state index is 13.3. The van der Waals surface area contributed by atoms with Crippen molar-refractivity contribution in [2.24, 2.45) is 0 Å². The zero-order valence-electron chi connectivity index (χ0n) is 12.6. The van der Waals surface area contributed by atoms with E-state index in [9.17, 15) is 14.0 Å². The lowest BCUT2D eigenvalue weighted by molar-refractivity contribution is -0.126. The maximum Gasteiger partial charge on any atom is 0.239 e. The molecule has 0 saturated heterocycles. The summed E-state index contributed by atoms with van der Waals surface area (Å²) in [7, 11) is 1.54. The average Bonchev–Trinajstić information content (AvgIpc) is 2.51. The Hall–Kier alpha value is -2.15. The lowest BCUT2D eigenvalue weighted by Gasteiger charge is -2.08. The first-order valence-electron chi connectivity index (χ1n) is 7.03. The third-order valence-corrected chi connectivity index (χ3v) is 2.72. The van der Waals surface area contributed by atoms with Crippen molar-refractivity contribution >= 4 is 11.8 Å². The maximum absolute atomic E-state index is 13.3. The van der Waals surface area contributed by atoms with E-state index in [2.05, 4.69) is 10.6 Å². The van der Waals surface area contributed by atoms with Crippen molar-refractivity contribution in [1.29, 1.82) is 0 Å². The van der Waals surface area contributed by atoms with Crippen LogP contribution in [0.15, 0.2) is 24.3 Å². The molecule has 0 aliphatic heterocycles. The second kappa shape index (κ2) is 10.6. The zero-order chi connectivity index (χ0) is 16.2. The highest BCUT2D eigenvalue weighted by Gasteiger charge is 2.06. The van der Waals surface area contributed by atoms with Crippen molar-refractivity contribution in [3.63, 3.8) is 0 Å². The molecule has 2 amide bonds. The van der Waals surface area contributed by atoms with Gasteiger partial charge in [-0.15, -0.1) is 0 Å². The van der Waals surface area contributed by atoms with Gasteiger partial charge in [0.25, 0.3) is 0 Å². The van der Waals surface area contributed by atoms with Crippen LogP contribution in [0.2, 0.25) is 0 Å². The number of methoxy groups -OCH3 is 1. The lowest BCUT2D eigenvalue weighted by Crippen LogP contribution is -2.38. The van der Waals surface area contributed by atoms with Gasteiger partial charge >= 0.3 is 0 Å². The van der Waals surface area contributed by atoms with Gasteiger partial charge in [-0.05, 0) is 18.6 Å². The summed E-state index contributed by atoms with van der Waals surface area (Å²) < 4.78 is 23.3. The number of amides is 2. The number of nitrogens with one attached hydrogen (secondary N) is 2. The number of hydrogen-bond acceptors (Lipinski definition) is 4. The SMILES string of the molecule is COCCNC(=O)CNC(=O)CCCOc1ccccc1F. The molecular formula is C15H21FN2O4. The predicted molar refractivity (Wildman–Crippen MR) is 79.0 cm³/mol. The van der Waals surface area contributed by atoms with Gasteiger partial charge in [-0.2, -0.15) is 0 Å². The molecule has 0 heterocycles. The Balaban J connectivity index is 2.08. The van der Waals surface area contributed by atoms with E-state index in [-0.39, 0.29) is 37.1 Å². The molecule has 0 aromatic heterocycles. The molecule has 0 spiro atoms. The van der Waals surface area contributed by atoms with Gasteiger partial charge in [-0.25, -0.2) is 4.39 Å². The molecule has 0 fully saturated rings. The summed E-state index contributed by atoms with van der Waals surface area (Å²) in [6.07, 6.45) is 0.644. The van der Waals surface area contributed by atoms with Crippen LogP contribution in [0.5, 0.6) is 5.75 Å². The Morgan fingerprint density at radius 2 is 1.91 bits per heavy atom. The minimum atomic E-state index is -0.431. The molecule has 1 rings (SSSR count). The third kappa shape index (κ3) is 7.58. The Morgan fingerprint density at radius 1 is 1.14 bits per heavy atom. The standard InChI is InChI=1S/C15H21FN2O4/c1-21-10-8-17-15(20)11-18-14(19)7-4-9-22-13-6-3-2-5-12(13)16/h2-3,5-6H,4,7-11H2,1H3,(H,17,20)(H,18,19). The largest absolute Gasteiger partial charge is 0.491 e. The Morgan fingerprint density at radius 3 is 2.64 bits per heavy atom. The second-order valence-electron chi connectivity index (χ2n) is 4.50. The molecule has 2 N–H and O–H groups in total. The van der Waals surface area contributed by atoms with Crippen molar-refractivity contribution in [1.82, 2.24) is 10.6 Å². The van der Waals surface area contributed by atoms with Gasteiger partial charge in [0.15, 0.2) is 11.6 Å². The van der Waals surface area contributed by atoms with E-state index in [1.54, 1.807) is 12.1 Å². The average molecular weight is 312 g/mol. The molecule has 1 aromatic rings. The molecule has 7 heteroatoms. The second-order valence-corrected chi connectivity index (χ2v) is 4.50. The van der Waals surface area contributed by atoms with Crippen molar-refractivity contribution in [2.45, 2.75) is 12.8 Å². The highest BCUT2D eigenvalue weighted by molar-refractivity contribution is 5.84. The molecule has 0 unspecified atom stereocenters. The van der Waals surface area contributed by atoms with Gasteiger partial charge in [-0.3, -0.25) is 9.59 Å². The predicted octanol–water partition coefficient (Wildman–Crippen LogP) is 0.864. The molecule has 22 heavy (non-hydrogen) atoms. The summed E-state index contributed by atoms with van der Waals surface area (Å²) in [6.45, 7) is 0.986. The van der Waals surface area contributed by atoms with Crippen LogP contribution in [0.25, 0.3) is 0 Å². The molecule has 0 radical (unpaired) electrons. The van der Waals surface area contributed by atoms with E-state index in [0.29, 0.717) is 19.6 Å². The van der Waals surface area contributed by atoms with Crippen molar-refractivity contribution < 1.29 is 23.5 Å². The number of benzene rings is 1. The highest BCUT2D eigenvalue weighted by Crippen LogP contribution is 2.15. The highest BCUT2D eigenvalue weighted by atomic mass is 19.1. The van der Waals surface area contributed by atoms with Gasteiger partial charge < -0.3 is 20.1 Å². The minimum Gasteiger partial charge on any atom is -0.491 e. The zero-order valence-corrected chi connectivity index (χ0v) is 12.6.